The number of para-hydroxylation sites is 1. The summed E-state index contributed by atoms with van der Waals surface area (Å²) in [5.41, 5.74) is 0.783. The van der Waals surface area contributed by atoms with Gasteiger partial charge in [0.05, 0.1) is 5.69 Å². The van der Waals surface area contributed by atoms with E-state index in [1.807, 2.05) is 45.0 Å². The van der Waals surface area contributed by atoms with E-state index in [0.29, 0.717) is 11.5 Å². The van der Waals surface area contributed by atoms with Gasteiger partial charge in [0.2, 0.25) is 5.91 Å². The molecule has 0 unspecified atom stereocenters. The zero-order valence-corrected chi connectivity index (χ0v) is 13.1. The molecule has 1 amide bonds. The van der Waals surface area contributed by atoms with Crippen molar-refractivity contribution in [1.82, 2.24) is 5.32 Å². The summed E-state index contributed by atoms with van der Waals surface area (Å²) in [4.78, 5) is 11.7. The predicted molar refractivity (Wildman–Crippen MR) is 82.6 cm³/mol. The maximum Gasteiger partial charge on any atom is 0.226 e. The second kappa shape index (κ2) is 6.29. The van der Waals surface area contributed by atoms with Gasteiger partial charge in [0.1, 0.15) is 0 Å². The Kier molecular flexibility index (Phi) is 5.28. The molecule has 0 spiro atoms. The fourth-order valence-electron chi connectivity index (χ4n) is 1.37. The van der Waals surface area contributed by atoms with Crippen molar-refractivity contribution in [3.63, 3.8) is 0 Å². The van der Waals surface area contributed by atoms with Gasteiger partial charge < -0.3 is 10.6 Å². The predicted octanol–water partition coefficient (Wildman–Crippen LogP) is 3.70. The highest BCUT2D eigenvalue weighted by molar-refractivity contribution is 9.10. The Morgan fingerprint density at radius 3 is 2.50 bits per heavy atom. The molecule has 0 radical (unpaired) electrons. The quantitative estimate of drug-likeness (QED) is 0.813. The molecule has 98 valence electrons. The summed E-state index contributed by atoms with van der Waals surface area (Å²) in [6.45, 7) is 6.03. The van der Waals surface area contributed by atoms with E-state index in [4.69, 9.17) is 12.2 Å². The third kappa shape index (κ3) is 5.60. The molecule has 0 aliphatic heterocycles. The van der Waals surface area contributed by atoms with Gasteiger partial charge in [0.15, 0.2) is 5.11 Å². The third-order valence-corrected chi connectivity index (χ3v) is 2.96. The highest BCUT2D eigenvalue weighted by Crippen LogP contribution is 2.21. The average molecular weight is 329 g/mol. The van der Waals surface area contributed by atoms with E-state index < -0.39 is 0 Å². The normalized spacial score (nSPS) is 10.9. The summed E-state index contributed by atoms with van der Waals surface area (Å²) in [5, 5.41) is 5.97. The van der Waals surface area contributed by atoms with Crippen LogP contribution in [0.25, 0.3) is 0 Å². The molecule has 5 heteroatoms. The van der Waals surface area contributed by atoms with Crippen LogP contribution < -0.4 is 10.6 Å². The summed E-state index contributed by atoms with van der Waals surface area (Å²) in [6.07, 6.45) is 0.435. The number of halogens is 1. The highest BCUT2D eigenvalue weighted by Gasteiger charge is 2.16. The van der Waals surface area contributed by atoms with Gasteiger partial charge in [0.25, 0.3) is 0 Å². The Morgan fingerprint density at radius 1 is 1.33 bits per heavy atom. The van der Waals surface area contributed by atoms with Crippen molar-refractivity contribution in [2.24, 2.45) is 5.41 Å². The Morgan fingerprint density at radius 2 is 1.94 bits per heavy atom. The van der Waals surface area contributed by atoms with Crippen LogP contribution in [0.1, 0.15) is 27.2 Å². The first kappa shape index (κ1) is 15.1. The van der Waals surface area contributed by atoms with E-state index in [-0.39, 0.29) is 11.3 Å². The lowest BCUT2D eigenvalue weighted by atomic mass is 9.92. The summed E-state index contributed by atoms with van der Waals surface area (Å²) in [6, 6.07) is 7.59. The fraction of sp³-hybridized carbons (Fsp3) is 0.385. The third-order valence-electron chi connectivity index (χ3n) is 2.07. The Bertz CT molecular complexity index is 455. The molecule has 0 aliphatic carbocycles. The molecule has 0 aromatic heterocycles. The molecule has 3 nitrogen and oxygen atoms in total. The molecular weight excluding hydrogens is 312 g/mol. The van der Waals surface area contributed by atoms with Crippen molar-refractivity contribution in [3.8, 4) is 0 Å². The van der Waals surface area contributed by atoms with Crippen LogP contribution in [0.2, 0.25) is 0 Å². The SMILES string of the molecule is CC(C)(C)CC(=O)NC(=S)Nc1ccccc1Br. The van der Waals surface area contributed by atoms with Gasteiger partial charge in [-0.3, -0.25) is 4.79 Å². The van der Waals surface area contributed by atoms with Crippen molar-refractivity contribution < 1.29 is 4.79 Å². The summed E-state index contributed by atoms with van der Waals surface area (Å²) in [5.74, 6) is -0.0768. The number of nitrogens with one attached hydrogen (secondary N) is 2. The lowest BCUT2D eigenvalue weighted by molar-refractivity contribution is -0.121. The lowest BCUT2D eigenvalue weighted by Gasteiger charge is -2.18. The van der Waals surface area contributed by atoms with Crippen molar-refractivity contribution in [3.05, 3.63) is 28.7 Å². The molecule has 0 saturated carbocycles. The van der Waals surface area contributed by atoms with Crippen LogP contribution in [-0.2, 0) is 4.79 Å². The summed E-state index contributed by atoms with van der Waals surface area (Å²) < 4.78 is 0.900. The van der Waals surface area contributed by atoms with Crippen LogP contribution in [0.15, 0.2) is 28.7 Å². The molecule has 0 saturated heterocycles. The number of hydrogen-bond donors (Lipinski definition) is 2. The number of benzene rings is 1. The second-order valence-corrected chi connectivity index (χ2v) is 6.48. The average Bonchev–Trinajstić information content (AvgIpc) is 2.18. The molecule has 2 N–H and O–H groups in total. The number of carbonyl (C=O) groups is 1. The standard InChI is InChI=1S/C13H17BrN2OS/c1-13(2,3)8-11(17)16-12(18)15-10-7-5-4-6-9(10)14/h4-7H,8H2,1-3H3,(H2,15,16,17,18). The van der Waals surface area contributed by atoms with Crippen LogP contribution in [-0.4, -0.2) is 11.0 Å². The maximum absolute atomic E-state index is 11.7. The van der Waals surface area contributed by atoms with E-state index >= 15 is 0 Å². The number of thiocarbonyl (C=S) groups is 1. The molecule has 1 aromatic rings. The molecule has 0 fully saturated rings. The molecule has 18 heavy (non-hydrogen) atoms. The van der Waals surface area contributed by atoms with Gasteiger partial charge in [0, 0.05) is 10.9 Å². The minimum Gasteiger partial charge on any atom is -0.331 e. The molecule has 0 heterocycles. The Labute approximate surface area is 121 Å². The molecule has 0 atom stereocenters. The maximum atomic E-state index is 11.7. The smallest absolute Gasteiger partial charge is 0.226 e. The van der Waals surface area contributed by atoms with Gasteiger partial charge in [-0.1, -0.05) is 32.9 Å². The number of amides is 1. The monoisotopic (exact) mass is 328 g/mol. The molecule has 1 aromatic carbocycles. The Balaban J connectivity index is 2.53. The zero-order valence-electron chi connectivity index (χ0n) is 10.7. The van der Waals surface area contributed by atoms with Crippen LogP contribution in [0.5, 0.6) is 0 Å². The fourth-order valence-corrected chi connectivity index (χ4v) is 1.98. The van der Waals surface area contributed by atoms with E-state index in [1.165, 1.54) is 0 Å². The second-order valence-electron chi connectivity index (χ2n) is 5.22. The molecular formula is C13H17BrN2OS. The van der Waals surface area contributed by atoms with Crippen molar-refractivity contribution in [2.45, 2.75) is 27.2 Å². The first-order valence-corrected chi connectivity index (χ1v) is 6.83. The van der Waals surface area contributed by atoms with E-state index in [2.05, 4.69) is 26.6 Å². The number of anilines is 1. The summed E-state index contributed by atoms with van der Waals surface area (Å²) in [7, 11) is 0. The number of carbonyl (C=O) groups excluding carboxylic acids is 1. The van der Waals surface area contributed by atoms with Gasteiger partial charge in [-0.25, -0.2) is 0 Å². The minimum absolute atomic E-state index is 0.0486. The van der Waals surface area contributed by atoms with Crippen molar-refractivity contribution in [2.75, 3.05) is 5.32 Å². The van der Waals surface area contributed by atoms with Crippen LogP contribution in [0, 0.1) is 5.41 Å². The number of rotatable bonds is 2. The molecule has 0 bridgehead atoms. The molecule has 0 aliphatic rings. The van der Waals surface area contributed by atoms with Gasteiger partial charge in [-0.2, -0.15) is 0 Å². The van der Waals surface area contributed by atoms with Gasteiger partial charge in [-0.15, -0.1) is 0 Å². The summed E-state index contributed by atoms with van der Waals surface area (Å²) >= 11 is 8.50. The van der Waals surface area contributed by atoms with Crippen LogP contribution in [0.4, 0.5) is 5.69 Å². The van der Waals surface area contributed by atoms with Gasteiger partial charge in [-0.05, 0) is 45.7 Å². The minimum atomic E-state index is -0.0768. The van der Waals surface area contributed by atoms with Gasteiger partial charge >= 0.3 is 0 Å². The number of hydrogen-bond acceptors (Lipinski definition) is 2. The van der Waals surface area contributed by atoms with Crippen molar-refractivity contribution in [1.29, 1.82) is 0 Å². The Hall–Kier alpha value is -0.940. The van der Waals surface area contributed by atoms with Crippen LogP contribution >= 0.6 is 28.1 Å². The topological polar surface area (TPSA) is 41.1 Å². The van der Waals surface area contributed by atoms with E-state index in [9.17, 15) is 4.79 Å². The van der Waals surface area contributed by atoms with Crippen LogP contribution in [0.3, 0.4) is 0 Å². The lowest BCUT2D eigenvalue weighted by Crippen LogP contribution is -2.36. The van der Waals surface area contributed by atoms with E-state index in [1.54, 1.807) is 0 Å². The van der Waals surface area contributed by atoms with Crippen molar-refractivity contribution >= 4 is 44.9 Å². The molecule has 1 rings (SSSR count). The largest absolute Gasteiger partial charge is 0.331 e. The van der Waals surface area contributed by atoms with E-state index in [0.717, 1.165) is 10.2 Å². The highest BCUT2D eigenvalue weighted by atomic mass is 79.9. The zero-order chi connectivity index (χ0) is 13.8. The first-order valence-electron chi connectivity index (χ1n) is 5.63. The first-order chi connectivity index (χ1) is 8.28.